The second kappa shape index (κ2) is 16.5. The molecule has 0 fully saturated rings. The van der Waals surface area contributed by atoms with E-state index in [1.165, 1.54) is 83.5 Å². The molecule has 3 nitrogen and oxygen atoms in total. The van der Waals surface area contributed by atoms with E-state index in [0.717, 1.165) is 0 Å². The highest BCUT2D eigenvalue weighted by Gasteiger charge is 2.08. The Hall–Kier alpha value is -4.83. The minimum absolute atomic E-state index is 0. The molecular weight excluding hydrogens is 557 g/mol. The number of hydrogen-bond acceptors (Lipinski definition) is 3. The average Bonchev–Trinajstić information content (AvgIpc) is 2.98. The van der Waals surface area contributed by atoms with Crippen LogP contribution in [0.1, 0.15) is 50.1 Å². The van der Waals surface area contributed by atoms with Gasteiger partial charge in [0.2, 0.25) is 0 Å². The lowest BCUT2D eigenvalue weighted by molar-refractivity contribution is 1.28. The first kappa shape index (κ1) is 35.7. The predicted molar refractivity (Wildman–Crippen MR) is 197 cm³/mol. The molecule has 0 atom stereocenters. The van der Waals surface area contributed by atoms with Crippen molar-refractivity contribution in [3.63, 3.8) is 0 Å². The molecule has 0 aliphatic rings. The molecule has 231 valence electrons. The predicted octanol–water partition coefficient (Wildman–Crippen LogP) is 10.6. The van der Waals surface area contributed by atoms with Crippen molar-refractivity contribution in [1.82, 2.24) is 15.0 Å². The molecule has 3 aromatic heterocycles. The Labute approximate surface area is 278 Å². The first-order chi connectivity index (χ1) is 21.5. The van der Waals surface area contributed by atoms with Gasteiger partial charge >= 0.3 is 0 Å². The van der Waals surface area contributed by atoms with E-state index in [0.29, 0.717) is 0 Å². The number of nitrogens with zero attached hydrogens (tertiary/aromatic N) is 3. The molecule has 3 heterocycles. The molecule has 0 aliphatic carbocycles. The molecule has 6 aromatic rings. The lowest BCUT2D eigenvalue weighted by Crippen LogP contribution is -1.90. The molecule has 0 aliphatic heterocycles. The number of rotatable bonds is 3. The zero-order chi connectivity index (χ0) is 32.5. The molecule has 4 heteroatoms. The Morgan fingerprint density at radius 3 is 0.739 bits per heavy atom. The molecule has 0 amide bonds. The molecule has 0 saturated carbocycles. The van der Waals surface area contributed by atoms with Crippen LogP contribution in [-0.4, -0.2) is 23.4 Å². The Morgan fingerprint density at radius 2 is 0.565 bits per heavy atom. The monoisotopic (exact) mass is 602 g/mol. The summed E-state index contributed by atoms with van der Waals surface area (Å²) in [5.74, 6) is 0. The molecule has 3 radical (unpaired) electrons. The summed E-state index contributed by atoms with van der Waals surface area (Å²) < 4.78 is 0. The van der Waals surface area contributed by atoms with Crippen molar-refractivity contribution in [3.8, 4) is 33.4 Å². The van der Waals surface area contributed by atoms with Crippen LogP contribution in [0.5, 0.6) is 0 Å². The summed E-state index contributed by atoms with van der Waals surface area (Å²) >= 11 is 0. The van der Waals surface area contributed by atoms with E-state index in [4.69, 9.17) is 0 Å². The van der Waals surface area contributed by atoms with Gasteiger partial charge in [0.15, 0.2) is 0 Å². The molecule has 6 rings (SSSR count). The first-order valence-electron chi connectivity index (χ1n) is 15.5. The Morgan fingerprint density at radius 1 is 0.348 bits per heavy atom. The van der Waals surface area contributed by atoms with E-state index in [-0.39, 0.29) is 8.41 Å². The van der Waals surface area contributed by atoms with Crippen molar-refractivity contribution in [2.45, 2.75) is 62.3 Å². The fourth-order valence-corrected chi connectivity index (χ4v) is 6.44. The maximum atomic E-state index is 4.17. The molecule has 0 unspecified atom stereocenters. The van der Waals surface area contributed by atoms with Crippen molar-refractivity contribution >= 4 is 8.41 Å². The van der Waals surface area contributed by atoms with Gasteiger partial charge in [0.1, 0.15) is 0 Å². The van der Waals surface area contributed by atoms with Gasteiger partial charge in [0, 0.05) is 62.3 Å². The second-order valence-electron chi connectivity index (χ2n) is 12.0. The zero-order valence-electron chi connectivity index (χ0n) is 28.8. The Kier molecular flexibility index (Phi) is 12.8. The maximum Gasteiger partial charge on any atom is 0.0346 e. The first-order valence-corrected chi connectivity index (χ1v) is 15.5. The van der Waals surface area contributed by atoms with E-state index in [1.54, 1.807) is 0 Å². The van der Waals surface area contributed by atoms with Gasteiger partial charge in [-0.05, 0) is 131 Å². The minimum atomic E-state index is 0. The number of aryl methyl sites for hydroxylation is 9. The third-order valence-electron chi connectivity index (χ3n) is 7.88. The average molecular weight is 603 g/mol. The van der Waals surface area contributed by atoms with Gasteiger partial charge in [-0.2, -0.15) is 0 Å². The molecular formula is C42H45BN3. The van der Waals surface area contributed by atoms with Crippen LogP contribution in [0.3, 0.4) is 0 Å². The molecule has 0 spiro atoms. The molecule has 3 aromatic carbocycles. The van der Waals surface area contributed by atoms with Crippen LogP contribution in [0.25, 0.3) is 33.4 Å². The van der Waals surface area contributed by atoms with Crippen LogP contribution in [0.15, 0.2) is 110 Å². The van der Waals surface area contributed by atoms with Crippen LogP contribution in [0, 0.1) is 62.3 Å². The number of benzene rings is 3. The summed E-state index contributed by atoms with van der Waals surface area (Å²) in [4.78, 5) is 12.5. The van der Waals surface area contributed by atoms with E-state index < -0.39 is 0 Å². The second-order valence-corrected chi connectivity index (χ2v) is 12.0. The van der Waals surface area contributed by atoms with Crippen LogP contribution < -0.4 is 0 Å². The summed E-state index contributed by atoms with van der Waals surface area (Å²) in [6.45, 7) is 19.3. The smallest absolute Gasteiger partial charge is 0.0346 e. The van der Waals surface area contributed by atoms with E-state index in [2.05, 4.69) is 132 Å². The summed E-state index contributed by atoms with van der Waals surface area (Å²) in [6, 6.07) is 25.6. The van der Waals surface area contributed by atoms with Crippen molar-refractivity contribution in [3.05, 3.63) is 160 Å². The number of pyridine rings is 3. The van der Waals surface area contributed by atoms with Crippen LogP contribution in [0.4, 0.5) is 0 Å². The van der Waals surface area contributed by atoms with E-state index >= 15 is 0 Å². The van der Waals surface area contributed by atoms with E-state index in [9.17, 15) is 0 Å². The Bertz CT molecular complexity index is 1570. The van der Waals surface area contributed by atoms with Gasteiger partial charge in [-0.3, -0.25) is 15.0 Å². The quantitative estimate of drug-likeness (QED) is 0.189. The normalized spacial score (nSPS) is 10.1. The van der Waals surface area contributed by atoms with Crippen molar-refractivity contribution < 1.29 is 0 Å². The van der Waals surface area contributed by atoms with Gasteiger partial charge < -0.3 is 0 Å². The standard InChI is InChI=1S/3C14H15N.B/c3*1-10-7-11(2)14(12(3)8-10)13-5-4-6-15-9-13;/h3*4-9H,1-3H3;. The van der Waals surface area contributed by atoms with Crippen molar-refractivity contribution in [2.24, 2.45) is 0 Å². The highest BCUT2D eigenvalue weighted by molar-refractivity contribution is 5.75. The van der Waals surface area contributed by atoms with Gasteiger partial charge in [0.05, 0.1) is 0 Å². The highest BCUT2D eigenvalue weighted by Crippen LogP contribution is 2.29. The summed E-state index contributed by atoms with van der Waals surface area (Å²) in [5.41, 5.74) is 19.4. The third kappa shape index (κ3) is 9.11. The summed E-state index contributed by atoms with van der Waals surface area (Å²) in [6.07, 6.45) is 11.2. The van der Waals surface area contributed by atoms with Crippen molar-refractivity contribution in [1.29, 1.82) is 0 Å². The fourth-order valence-electron chi connectivity index (χ4n) is 6.44. The van der Waals surface area contributed by atoms with Crippen molar-refractivity contribution in [2.75, 3.05) is 0 Å². The minimum Gasteiger partial charge on any atom is -0.264 e. The van der Waals surface area contributed by atoms with Gasteiger partial charge in [-0.15, -0.1) is 0 Å². The molecule has 46 heavy (non-hydrogen) atoms. The third-order valence-corrected chi connectivity index (χ3v) is 7.88. The number of hydrogen-bond donors (Lipinski definition) is 0. The molecule has 0 saturated heterocycles. The maximum absolute atomic E-state index is 4.17. The topological polar surface area (TPSA) is 38.7 Å². The van der Waals surface area contributed by atoms with Crippen LogP contribution in [0.2, 0.25) is 0 Å². The molecule has 0 bridgehead atoms. The van der Waals surface area contributed by atoms with Crippen LogP contribution >= 0.6 is 0 Å². The lowest BCUT2D eigenvalue weighted by atomic mass is 9.95. The zero-order valence-corrected chi connectivity index (χ0v) is 28.8. The summed E-state index contributed by atoms with van der Waals surface area (Å²) in [5, 5.41) is 0. The largest absolute Gasteiger partial charge is 0.264 e. The van der Waals surface area contributed by atoms with Gasteiger partial charge in [0.25, 0.3) is 0 Å². The Balaban J connectivity index is 0.000000186. The van der Waals surface area contributed by atoms with Gasteiger partial charge in [-0.25, -0.2) is 0 Å². The fraction of sp³-hybridized carbons (Fsp3) is 0.214. The van der Waals surface area contributed by atoms with Crippen LogP contribution in [-0.2, 0) is 0 Å². The van der Waals surface area contributed by atoms with Gasteiger partial charge in [-0.1, -0.05) is 71.3 Å². The number of aromatic nitrogens is 3. The SMILES string of the molecule is Cc1cc(C)c(-c2cccnc2)c(C)c1.Cc1cc(C)c(-c2cccnc2)c(C)c1.Cc1cc(C)c(-c2cccnc2)c(C)c1.[B]. The molecule has 0 N–H and O–H groups in total. The summed E-state index contributed by atoms with van der Waals surface area (Å²) in [7, 11) is 0. The van der Waals surface area contributed by atoms with E-state index in [1.807, 2.05) is 55.4 Å². The lowest BCUT2D eigenvalue weighted by Gasteiger charge is -2.10. The highest BCUT2D eigenvalue weighted by atomic mass is 14.6.